The van der Waals surface area contributed by atoms with E-state index in [-0.39, 0.29) is 12.2 Å². The van der Waals surface area contributed by atoms with Gasteiger partial charge in [0.1, 0.15) is 55.3 Å². The molecule has 0 spiro atoms. The van der Waals surface area contributed by atoms with E-state index in [0.717, 1.165) is 33.4 Å². The Morgan fingerprint density at radius 2 is 1.04 bits per heavy atom. The van der Waals surface area contributed by atoms with Crippen molar-refractivity contribution in [1.82, 2.24) is 0 Å². The number of carbonyl (C=O) groups is 1. The van der Waals surface area contributed by atoms with Gasteiger partial charge in [-0.2, -0.15) is 0 Å². The van der Waals surface area contributed by atoms with E-state index < -0.39 is 6.10 Å². The molecule has 0 aliphatic carbocycles. The number of carbonyl (C=O) groups excluding carboxylic acids is 1. The van der Waals surface area contributed by atoms with Crippen LogP contribution in [0.5, 0.6) is 28.7 Å². The first-order chi connectivity index (χ1) is 24.6. The lowest BCUT2D eigenvalue weighted by atomic mass is 9.94. The van der Waals surface area contributed by atoms with Crippen molar-refractivity contribution in [3.05, 3.63) is 185 Å². The molecule has 0 amide bonds. The molecule has 6 aromatic rings. The summed E-state index contributed by atoms with van der Waals surface area (Å²) in [4.78, 5) is 13.9. The van der Waals surface area contributed by atoms with Crippen LogP contribution in [0.3, 0.4) is 0 Å². The van der Waals surface area contributed by atoms with Crippen molar-refractivity contribution >= 4 is 5.78 Å². The molecular weight excluding hydrogens is 624 g/mol. The maximum atomic E-state index is 13.9. The molecule has 0 saturated carbocycles. The van der Waals surface area contributed by atoms with Crippen molar-refractivity contribution in [2.75, 3.05) is 0 Å². The lowest BCUT2D eigenvalue weighted by Crippen LogP contribution is -2.22. The molecular formula is C44H38O6. The van der Waals surface area contributed by atoms with Crippen LogP contribution in [0.1, 0.15) is 56.3 Å². The lowest BCUT2D eigenvalue weighted by Gasteiger charge is -2.28. The van der Waals surface area contributed by atoms with E-state index in [1.165, 1.54) is 0 Å². The second-order valence-electron chi connectivity index (χ2n) is 12.3. The molecule has 0 N–H and O–H groups in total. The number of hydrogen-bond donors (Lipinski definition) is 0. The van der Waals surface area contributed by atoms with Gasteiger partial charge in [-0.3, -0.25) is 4.79 Å². The molecule has 0 radical (unpaired) electrons. The molecule has 1 aliphatic heterocycles. The van der Waals surface area contributed by atoms with Crippen LogP contribution in [0, 0.1) is 6.92 Å². The Labute approximate surface area is 292 Å². The minimum absolute atomic E-state index is 0.0669. The summed E-state index contributed by atoms with van der Waals surface area (Å²) in [6, 6.07) is 47.4. The van der Waals surface area contributed by atoms with Gasteiger partial charge >= 0.3 is 0 Å². The van der Waals surface area contributed by atoms with Crippen molar-refractivity contribution in [3.8, 4) is 28.7 Å². The Morgan fingerprint density at radius 3 is 1.58 bits per heavy atom. The molecule has 0 fully saturated rings. The maximum Gasteiger partial charge on any atom is 0.174 e. The number of ether oxygens (including phenoxy) is 5. The minimum atomic E-state index is -0.553. The van der Waals surface area contributed by atoms with Gasteiger partial charge in [-0.15, -0.1) is 0 Å². The molecule has 7 rings (SSSR count). The molecule has 1 unspecified atom stereocenters. The van der Waals surface area contributed by atoms with Gasteiger partial charge in [0, 0.05) is 12.1 Å². The number of rotatable bonds is 13. The molecule has 0 aromatic heterocycles. The van der Waals surface area contributed by atoms with E-state index in [1.54, 1.807) is 12.1 Å². The number of ketones is 1. The number of aryl methyl sites for hydroxylation is 1. The third kappa shape index (κ3) is 7.99. The fraction of sp³-hybridized carbons (Fsp3) is 0.159. The average molecular weight is 663 g/mol. The van der Waals surface area contributed by atoms with E-state index in [1.807, 2.05) is 140 Å². The Bertz CT molecular complexity index is 2030. The molecule has 6 aromatic carbocycles. The van der Waals surface area contributed by atoms with E-state index in [0.29, 0.717) is 60.7 Å². The number of Topliss-reactive ketones (excluding diaryl/α,β-unsaturated/α-hetero) is 1. The molecule has 250 valence electrons. The Kier molecular flexibility index (Phi) is 10.1. The predicted molar refractivity (Wildman–Crippen MR) is 193 cm³/mol. The summed E-state index contributed by atoms with van der Waals surface area (Å²) in [5.74, 6) is 2.59. The normalized spacial score (nSPS) is 13.5. The third-order valence-electron chi connectivity index (χ3n) is 8.54. The van der Waals surface area contributed by atoms with Crippen LogP contribution in [0.15, 0.2) is 146 Å². The quantitative estimate of drug-likeness (QED) is 0.123. The highest BCUT2D eigenvalue weighted by Crippen LogP contribution is 2.45. The zero-order chi connectivity index (χ0) is 34.1. The zero-order valence-electron chi connectivity index (χ0n) is 27.9. The van der Waals surface area contributed by atoms with Crippen LogP contribution >= 0.6 is 0 Å². The monoisotopic (exact) mass is 662 g/mol. The Balaban J connectivity index is 1.19. The molecule has 0 bridgehead atoms. The molecule has 50 heavy (non-hydrogen) atoms. The smallest absolute Gasteiger partial charge is 0.174 e. The van der Waals surface area contributed by atoms with Crippen molar-refractivity contribution in [2.45, 2.75) is 45.9 Å². The van der Waals surface area contributed by atoms with Crippen LogP contribution in [0.4, 0.5) is 0 Å². The molecule has 1 aliphatic rings. The van der Waals surface area contributed by atoms with Crippen LogP contribution < -0.4 is 23.7 Å². The van der Waals surface area contributed by atoms with E-state index >= 15 is 0 Å². The second kappa shape index (κ2) is 15.5. The average Bonchev–Trinajstić information content (AvgIpc) is 3.16. The Hall–Kier alpha value is -6.01. The maximum absolute atomic E-state index is 13.9. The van der Waals surface area contributed by atoms with E-state index in [9.17, 15) is 4.79 Å². The van der Waals surface area contributed by atoms with Crippen LogP contribution in [-0.2, 0) is 26.4 Å². The van der Waals surface area contributed by atoms with Crippen molar-refractivity contribution < 1.29 is 28.5 Å². The summed E-state index contributed by atoms with van der Waals surface area (Å²) >= 11 is 0. The second-order valence-corrected chi connectivity index (χ2v) is 12.3. The van der Waals surface area contributed by atoms with Gasteiger partial charge in [-0.25, -0.2) is 0 Å². The van der Waals surface area contributed by atoms with Gasteiger partial charge in [0.05, 0.1) is 6.42 Å². The summed E-state index contributed by atoms with van der Waals surface area (Å²) in [7, 11) is 0. The molecule has 1 atom stereocenters. The molecule has 6 nitrogen and oxygen atoms in total. The SMILES string of the molecule is Cc1cc(C2CC(=O)c3c(OCc4ccccc4)cc(OCc4ccccc4)cc3O2)cc(OCc2ccccc2)c1OCc1ccccc1. The van der Waals surface area contributed by atoms with Crippen molar-refractivity contribution in [3.63, 3.8) is 0 Å². The van der Waals surface area contributed by atoms with E-state index in [2.05, 4.69) is 0 Å². The first-order valence-electron chi connectivity index (χ1n) is 16.8. The fourth-order valence-corrected chi connectivity index (χ4v) is 5.97. The Morgan fingerprint density at radius 1 is 0.560 bits per heavy atom. The topological polar surface area (TPSA) is 63.2 Å². The van der Waals surface area contributed by atoms with Crippen molar-refractivity contribution in [1.29, 1.82) is 0 Å². The highest BCUT2D eigenvalue weighted by atomic mass is 16.5. The van der Waals surface area contributed by atoms with Crippen molar-refractivity contribution in [2.24, 2.45) is 0 Å². The third-order valence-corrected chi connectivity index (χ3v) is 8.54. The minimum Gasteiger partial charge on any atom is -0.489 e. The highest BCUT2D eigenvalue weighted by Gasteiger charge is 2.33. The largest absolute Gasteiger partial charge is 0.489 e. The van der Waals surface area contributed by atoms with Gasteiger partial charge < -0.3 is 23.7 Å². The predicted octanol–water partition coefficient (Wildman–Crippen LogP) is 10.0. The first-order valence-corrected chi connectivity index (χ1v) is 16.8. The standard InChI is InChI=1S/C44H38O6/c1-31-22-36(23-42(48-29-34-18-10-4-11-19-34)44(31)49-30-35-20-12-5-13-21-35)39-26-38(45)43-40(47-28-33-16-8-3-9-17-33)24-37(25-41(43)50-39)46-27-32-14-6-2-7-15-32/h2-25,39H,26-30H2,1H3. The van der Waals surface area contributed by atoms with Crippen LogP contribution in [0.25, 0.3) is 0 Å². The zero-order valence-corrected chi connectivity index (χ0v) is 27.9. The fourth-order valence-electron chi connectivity index (χ4n) is 5.97. The lowest BCUT2D eigenvalue weighted by molar-refractivity contribution is 0.0840. The number of benzene rings is 6. The highest BCUT2D eigenvalue weighted by molar-refractivity contribution is 6.03. The summed E-state index contributed by atoms with van der Waals surface area (Å²) in [5, 5.41) is 0. The van der Waals surface area contributed by atoms with Crippen LogP contribution in [0.2, 0.25) is 0 Å². The number of hydrogen-bond acceptors (Lipinski definition) is 6. The number of fused-ring (bicyclic) bond motifs is 1. The summed E-state index contributed by atoms with van der Waals surface area (Å²) < 4.78 is 31.9. The summed E-state index contributed by atoms with van der Waals surface area (Å²) in [5.41, 5.74) is 6.23. The first kappa shape index (κ1) is 32.5. The molecule has 0 saturated heterocycles. The summed E-state index contributed by atoms with van der Waals surface area (Å²) in [6.07, 6.45) is -0.414. The summed E-state index contributed by atoms with van der Waals surface area (Å²) in [6.45, 7) is 3.41. The molecule has 1 heterocycles. The molecule has 6 heteroatoms. The van der Waals surface area contributed by atoms with Gasteiger partial charge in [-0.1, -0.05) is 121 Å². The van der Waals surface area contributed by atoms with Gasteiger partial charge in [0.15, 0.2) is 17.3 Å². The van der Waals surface area contributed by atoms with Crippen LogP contribution in [-0.4, -0.2) is 5.78 Å². The van der Waals surface area contributed by atoms with Gasteiger partial charge in [-0.05, 0) is 52.4 Å². The van der Waals surface area contributed by atoms with E-state index in [4.69, 9.17) is 23.7 Å². The van der Waals surface area contributed by atoms with Gasteiger partial charge in [0.2, 0.25) is 0 Å². The van der Waals surface area contributed by atoms with Gasteiger partial charge in [0.25, 0.3) is 0 Å².